The summed E-state index contributed by atoms with van der Waals surface area (Å²) < 4.78 is 4.98. The van der Waals surface area contributed by atoms with E-state index in [9.17, 15) is 4.79 Å². The van der Waals surface area contributed by atoms with Crippen molar-refractivity contribution in [3.63, 3.8) is 0 Å². The van der Waals surface area contributed by atoms with Crippen LogP contribution < -0.4 is 16.4 Å². The predicted molar refractivity (Wildman–Crippen MR) is 81.2 cm³/mol. The van der Waals surface area contributed by atoms with E-state index in [1.165, 1.54) is 24.2 Å². The first-order chi connectivity index (χ1) is 9.70. The number of carbonyl (C=O) groups excluding carboxylic acids is 1. The Balaban J connectivity index is 1.72. The summed E-state index contributed by atoms with van der Waals surface area (Å²) in [6.07, 6.45) is 5.34. The van der Waals surface area contributed by atoms with Crippen molar-refractivity contribution >= 4 is 28.2 Å². The minimum atomic E-state index is -0.129. The van der Waals surface area contributed by atoms with Crippen molar-refractivity contribution in [3.05, 3.63) is 4.88 Å². The van der Waals surface area contributed by atoms with Crippen molar-refractivity contribution in [1.29, 1.82) is 0 Å². The first kappa shape index (κ1) is 15.1. The molecule has 0 aromatic carbocycles. The number of hydrogen-bond acceptors (Lipinski definition) is 6. The van der Waals surface area contributed by atoms with Gasteiger partial charge in [-0.1, -0.05) is 11.3 Å². The molecule has 0 spiro atoms. The Morgan fingerprint density at radius 3 is 2.95 bits per heavy atom. The van der Waals surface area contributed by atoms with Crippen molar-refractivity contribution in [2.45, 2.75) is 38.1 Å². The number of anilines is 2. The van der Waals surface area contributed by atoms with Crippen LogP contribution in [0.25, 0.3) is 0 Å². The fraction of sp³-hybridized carbons (Fsp3) is 0.692. The molecule has 1 fully saturated rings. The largest absolute Gasteiger partial charge is 0.385 e. The fourth-order valence-electron chi connectivity index (χ4n) is 1.79. The van der Waals surface area contributed by atoms with Gasteiger partial charge in [-0.3, -0.25) is 4.79 Å². The molecule has 0 saturated heterocycles. The number of rotatable bonds is 9. The highest BCUT2D eigenvalue weighted by Gasteiger charge is 2.24. The Hall–Kier alpha value is -1.34. The lowest BCUT2D eigenvalue weighted by Crippen LogP contribution is -2.24. The zero-order chi connectivity index (χ0) is 14.4. The molecular weight excluding hydrogens is 276 g/mol. The van der Waals surface area contributed by atoms with Gasteiger partial charge in [-0.05, 0) is 32.1 Å². The maximum atomic E-state index is 12.0. The van der Waals surface area contributed by atoms with Crippen molar-refractivity contribution in [2.75, 3.05) is 31.3 Å². The number of ether oxygens (including phenoxy) is 1. The number of aromatic nitrogens is 1. The third-order valence-corrected chi connectivity index (χ3v) is 4.08. The Labute approximate surface area is 123 Å². The minimum Gasteiger partial charge on any atom is -0.385 e. The number of nitrogens with two attached hydrogens (primary N) is 1. The molecular formula is C13H22N4O2S. The highest BCUT2D eigenvalue weighted by atomic mass is 32.1. The van der Waals surface area contributed by atoms with Crippen LogP contribution in [0.15, 0.2) is 0 Å². The van der Waals surface area contributed by atoms with Crippen molar-refractivity contribution in [1.82, 2.24) is 10.3 Å². The molecule has 2 rings (SSSR count). The number of nitrogens with one attached hydrogen (secondary N) is 2. The summed E-state index contributed by atoms with van der Waals surface area (Å²) in [6, 6.07) is 0.511. The van der Waals surface area contributed by atoms with Crippen molar-refractivity contribution < 1.29 is 9.53 Å². The Kier molecular flexibility index (Phi) is 5.60. The summed E-state index contributed by atoms with van der Waals surface area (Å²) in [7, 11) is 1.70. The average Bonchev–Trinajstić information content (AvgIpc) is 3.15. The number of amides is 1. The molecule has 6 nitrogen and oxygen atoms in total. The maximum absolute atomic E-state index is 12.0. The highest BCUT2D eigenvalue weighted by molar-refractivity contribution is 7.18. The van der Waals surface area contributed by atoms with E-state index in [1.807, 2.05) is 0 Å². The second kappa shape index (κ2) is 7.44. The third kappa shape index (κ3) is 4.64. The molecule has 1 aromatic heterocycles. The fourth-order valence-corrected chi connectivity index (χ4v) is 2.67. The van der Waals surface area contributed by atoms with E-state index < -0.39 is 0 Å². The van der Waals surface area contributed by atoms with Crippen LogP contribution in [0.3, 0.4) is 0 Å². The minimum absolute atomic E-state index is 0.129. The molecule has 1 aliphatic rings. The summed E-state index contributed by atoms with van der Waals surface area (Å²) in [4.78, 5) is 16.7. The van der Waals surface area contributed by atoms with E-state index in [0.717, 1.165) is 31.0 Å². The van der Waals surface area contributed by atoms with Gasteiger partial charge in [0.15, 0.2) is 5.13 Å². The number of methoxy groups -OCH3 is 1. The van der Waals surface area contributed by atoms with Crippen LogP contribution in [-0.2, 0) is 4.74 Å². The van der Waals surface area contributed by atoms with E-state index in [1.54, 1.807) is 7.11 Å². The Morgan fingerprint density at radius 2 is 2.25 bits per heavy atom. The monoisotopic (exact) mass is 298 g/mol. The second-order valence-corrected chi connectivity index (χ2v) is 5.96. The molecule has 1 aliphatic carbocycles. The van der Waals surface area contributed by atoms with Gasteiger partial charge >= 0.3 is 0 Å². The van der Waals surface area contributed by atoms with Crippen LogP contribution in [0.1, 0.15) is 41.8 Å². The van der Waals surface area contributed by atoms with Crippen molar-refractivity contribution in [3.8, 4) is 0 Å². The topological polar surface area (TPSA) is 89.3 Å². The maximum Gasteiger partial charge on any atom is 0.265 e. The molecule has 1 saturated carbocycles. The Bertz CT molecular complexity index is 446. The van der Waals surface area contributed by atoms with Gasteiger partial charge in [-0.25, -0.2) is 4.98 Å². The number of thiazole rings is 1. The molecule has 1 aromatic rings. The molecule has 4 N–H and O–H groups in total. The van der Waals surface area contributed by atoms with Gasteiger partial charge < -0.3 is 21.1 Å². The first-order valence-electron chi connectivity index (χ1n) is 7.00. The van der Waals surface area contributed by atoms with Gasteiger partial charge in [-0.2, -0.15) is 0 Å². The summed E-state index contributed by atoms with van der Waals surface area (Å²) in [5.74, 6) is 0.186. The molecule has 1 amide bonds. The van der Waals surface area contributed by atoms with Crippen LogP contribution in [0, 0.1) is 0 Å². The molecule has 7 heteroatoms. The lowest BCUT2D eigenvalue weighted by molar-refractivity contribution is 0.0957. The number of hydrogen-bond donors (Lipinski definition) is 3. The number of nitrogen functional groups attached to an aromatic ring is 1. The van der Waals surface area contributed by atoms with Crippen LogP contribution in [0.2, 0.25) is 0 Å². The highest BCUT2D eigenvalue weighted by Crippen LogP contribution is 2.30. The smallest absolute Gasteiger partial charge is 0.265 e. The van der Waals surface area contributed by atoms with Gasteiger partial charge in [0.05, 0.1) is 0 Å². The van der Waals surface area contributed by atoms with E-state index in [2.05, 4.69) is 15.6 Å². The van der Waals surface area contributed by atoms with Crippen LogP contribution in [0.5, 0.6) is 0 Å². The zero-order valence-electron chi connectivity index (χ0n) is 11.8. The van der Waals surface area contributed by atoms with Gasteiger partial charge in [0.1, 0.15) is 10.7 Å². The number of carbonyl (C=O) groups is 1. The molecule has 112 valence electrons. The molecule has 0 aliphatic heterocycles. The Morgan fingerprint density at radius 1 is 1.45 bits per heavy atom. The predicted octanol–water partition coefficient (Wildman–Crippen LogP) is 1.85. The number of unbranched alkanes of at least 4 members (excludes halogenated alkanes) is 2. The summed E-state index contributed by atoms with van der Waals surface area (Å²) in [6.45, 7) is 1.43. The third-order valence-electron chi connectivity index (χ3n) is 3.08. The van der Waals surface area contributed by atoms with Crippen LogP contribution in [0.4, 0.5) is 10.9 Å². The van der Waals surface area contributed by atoms with E-state index >= 15 is 0 Å². The normalized spacial score (nSPS) is 14.2. The van der Waals surface area contributed by atoms with Gasteiger partial charge in [0.25, 0.3) is 5.91 Å². The molecule has 0 atom stereocenters. The van der Waals surface area contributed by atoms with Crippen LogP contribution >= 0.6 is 11.3 Å². The quantitative estimate of drug-likeness (QED) is 0.605. The molecule has 0 bridgehead atoms. The van der Waals surface area contributed by atoms with E-state index in [4.69, 9.17) is 10.5 Å². The SMILES string of the molecule is COCCCCCNC(=O)c1sc(NC2CC2)nc1N. The number of nitrogens with zero attached hydrogens (tertiary/aromatic N) is 1. The zero-order valence-corrected chi connectivity index (χ0v) is 12.6. The van der Waals surface area contributed by atoms with Crippen molar-refractivity contribution in [2.24, 2.45) is 0 Å². The summed E-state index contributed by atoms with van der Waals surface area (Å²) >= 11 is 1.33. The molecule has 1 heterocycles. The standard InChI is InChI=1S/C13H22N4O2S/c1-19-8-4-2-3-7-15-12(18)10-11(14)17-13(20-10)16-9-5-6-9/h9H,2-8,14H2,1H3,(H,15,18)(H,16,17). The van der Waals surface area contributed by atoms with Crippen LogP contribution in [-0.4, -0.2) is 37.2 Å². The van der Waals surface area contributed by atoms with Gasteiger partial charge in [-0.15, -0.1) is 0 Å². The molecule has 20 heavy (non-hydrogen) atoms. The van der Waals surface area contributed by atoms with Gasteiger partial charge in [0.2, 0.25) is 0 Å². The lowest BCUT2D eigenvalue weighted by atomic mass is 10.2. The average molecular weight is 298 g/mol. The summed E-state index contributed by atoms with van der Waals surface area (Å²) in [5, 5.41) is 6.88. The van der Waals surface area contributed by atoms with Gasteiger partial charge in [0, 0.05) is 26.3 Å². The first-order valence-corrected chi connectivity index (χ1v) is 7.82. The van der Waals surface area contributed by atoms with E-state index in [-0.39, 0.29) is 5.91 Å². The molecule has 0 radical (unpaired) electrons. The molecule has 0 unspecified atom stereocenters. The lowest BCUT2D eigenvalue weighted by Gasteiger charge is -2.03. The summed E-state index contributed by atoms with van der Waals surface area (Å²) in [5.41, 5.74) is 5.79. The second-order valence-electron chi connectivity index (χ2n) is 4.96. The van der Waals surface area contributed by atoms with E-state index in [0.29, 0.717) is 23.3 Å².